The van der Waals surface area contributed by atoms with E-state index in [-0.39, 0.29) is 29.8 Å². The molecule has 2 N–H and O–H groups in total. The molecule has 0 saturated heterocycles. The Bertz CT molecular complexity index is 915. The zero-order valence-corrected chi connectivity index (χ0v) is 19.3. The van der Waals surface area contributed by atoms with Gasteiger partial charge in [0.05, 0.1) is 6.54 Å². The first kappa shape index (κ1) is 22.4. The van der Waals surface area contributed by atoms with Crippen LogP contribution in [0.15, 0.2) is 70.4 Å². The summed E-state index contributed by atoms with van der Waals surface area (Å²) in [7, 11) is 1.71. The van der Waals surface area contributed by atoms with Gasteiger partial charge in [-0.15, -0.1) is 24.0 Å². The van der Waals surface area contributed by atoms with Crippen molar-refractivity contribution in [2.24, 2.45) is 4.99 Å². The maximum absolute atomic E-state index is 13.4. The molecule has 0 aliphatic rings. The molecule has 0 spiro atoms. The second-order valence-corrected chi connectivity index (χ2v) is 6.84. The van der Waals surface area contributed by atoms with Gasteiger partial charge in [-0.25, -0.2) is 4.39 Å². The number of aromatic nitrogens is 2. The molecule has 3 aromatic rings. The fourth-order valence-electron chi connectivity index (χ4n) is 2.71. The van der Waals surface area contributed by atoms with E-state index < -0.39 is 0 Å². The van der Waals surface area contributed by atoms with Crippen LogP contribution in [-0.2, 0) is 19.6 Å². The van der Waals surface area contributed by atoms with E-state index in [0.717, 1.165) is 10.0 Å². The van der Waals surface area contributed by atoms with E-state index in [4.69, 9.17) is 0 Å². The van der Waals surface area contributed by atoms with Gasteiger partial charge in [-0.05, 0) is 41.0 Å². The van der Waals surface area contributed by atoms with E-state index >= 15 is 0 Å². The Morgan fingerprint density at radius 1 is 1.07 bits per heavy atom. The van der Waals surface area contributed by atoms with E-state index in [1.165, 1.54) is 23.3 Å². The summed E-state index contributed by atoms with van der Waals surface area (Å²) >= 11 is 3.44. The third-order valence-corrected chi connectivity index (χ3v) is 4.91. The van der Waals surface area contributed by atoms with Crippen molar-refractivity contribution in [3.05, 3.63) is 87.9 Å². The number of halogens is 3. The molecule has 28 heavy (non-hydrogen) atoms. The highest BCUT2D eigenvalue weighted by Crippen LogP contribution is 2.17. The van der Waals surface area contributed by atoms with Crippen LogP contribution in [0.1, 0.15) is 16.7 Å². The maximum Gasteiger partial charge on any atom is 0.191 e. The summed E-state index contributed by atoms with van der Waals surface area (Å²) in [6.07, 6.45) is 3.72. The Hall–Kier alpha value is -1.94. The summed E-state index contributed by atoms with van der Waals surface area (Å²) in [5.41, 5.74) is 3.19. The average molecular weight is 558 g/mol. The average Bonchev–Trinajstić information content (AvgIpc) is 3.18. The SMILES string of the molecule is CN=C(NCc1cc(F)ccc1Br)NCc1ccccc1Cn1cccn1.I. The summed E-state index contributed by atoms with van der Waals surface area (Å²) in [4.78, 5) is 4.24. The quantitative estimate of drug-likeness (QED) is 0.270. The van der Waals surface area contributed by atoms with Gasteiger partial charge in [0.2, 0.25) is 0 Å². The molecule has 0 fully saturated rings. The van der Waals surface area contributed by atoms with Crippen LogP contribution < -0.4 is 10.6 Å². The Morgan fingerprint density at radius 3 is 2.46 bits per heavy atom. The van der Waals surface area contributed by atoms with E-state index in [2.05, 4.69) is 48.8 Å². The number of aliphatic imine (C=N–C) groups is 1. The lowest BCUT2D eigenvalue weighted by Crippen LogP contribution is -2.36. The van der Waals surface area contributed by atoms with Crippen LogP contribution in [0.4, 0.5) is 4.39 Å². The van der Waals surface area contributed by atoms with Gasteiger partial charge in [0.1, 0.15) is 5.82 Å². The summed E-state index contributed by atoms with van der Waals surface area (Å²) in [6, 6.07) is 14.8. The Kier molecular flexibility index (Phi) is 8.91. The molecule has 0 saturated carbocycles. The van der Waals surface area contributed by atoms with Gasteiger partial charge >= 0.3 is 0 Å². The molecule has 0 radical (unpaired) electrons. The molecule has 8 heteroatoms. The fourth-order valence-corrected chi connectivity index (χ4v) is 3.10. The largest absolute Gasteiger partial charge is 0.352 e. The Balaban J connectivity index is 0.00000280. The van der Waals surface area contributed by atoms with Gasteiger partial charge in [-0.1, -0.05) is 40.2 Å². The summed E-state index contributed by atoms with van der Waals surface area (Å²) < 4.78 is 16.2. The normalized spacial score (nSPS) is 11.0. The number of guanidine groups is 1. The van der Waals surface area contributed by atoms with E-state index in [0.29, 0.717) is 25.6 Å². The lowest BCUT2D eigenvalue weighted by molar-refractivity contribution is 0.624. The molecule has 3 rings (SSSR count). The number of nitrogens with one attached hydrogen (secondary N) is 2. The van der Waals surface area contributed by atoms with Gasteiger partial charge in [0, 0.05) is 37.0 Å². The number of nitrogens with zero attached hydrogens (tertiary/aromatic N) is 3. The molecule has 0 aliphatic carbocycles. The Labute approximate surface area is 189 Å². The molecule has 1 heterocycles. The third kappa shape index (κ3) is 6.30. The second kappa shape index (κ2) is 11.2. The smallest absolute Gasteiger partial charge is 0.191 e. The van der Waals surface area contributed by atoms with Crippen molar-refractivity contribution in [1.29, 1.82) is 0 Å². The first-order chi connectivity index (χ1) is 13.2. The number of hydrogen-bond acceptors (Lipinski definition) is 2. The molecule has 2 aromatic carbocycles. The van der Waals surface area contributed by atoms with Crippen molar-refractivity contribution in [3.8, 4) is 0 Å². The van der Waals surface area contributed by atoms with Crippen molar-refractivity contribution in [1.82, 2.24) is 20.4 Å². The molecule has 0 amide bonds. The molecule has 148 valence electrons. The molecule has 5 nitrogen and oxygen atoms in total. The Morgan fingerprint density at radius 2 is 1.79 bits per heavy atom. The van der Waals surface area contributed by atoms with Crippen molar-refractivity contribution in [3.63, 3.8) is 0 Å². The molecular weight excluding hydrogens is 536 g/mol. The van der Waals surface area contributed by atoms with Crippen molar-refractivity contribution in [2.75, 3.05) is 7.05 Å². The molecule has 0 atom stereocenters. The molecule has 1 aromatic heterocycles. The zero-order chi connectivity index (χ0) is 19.1. The minimum absolute atomic E-state index is 0. The predicted octanol–water partition coefficient (Wildman–Crippen LogP) is 4.32. The minimum atomic E-state index is -0.259. The lowest BCUT2D eigenvalue weighted by atomic mass is 10.1. The second-order valence-electron chi connectivity index (χ2n) is 5.99. The van der Waals surface area contributed by atoms with Crippen molar-refractivity contribution < 1.29 is 4.39 Å². The number of hydrogen-bond donors (Lipinski definition) is 2. The lowest BCUT2D eigenvalue weighted by Gasteiger charge is -2.15. The first-order valence-electron chi connectivity index (χ1n) is 8.58. The van der Waals surface area contributed by atoms with Crippen LogP contribution in [0.3, 0.4) is 0 Å². The highest BCUT2D eigenvalue weighted by molar-refractivity contribution is 14.0. The standard InChI is InChI=1S/C20H21BrFN5.HI/c1-23-20(25-13-17-11-18(22)7-8-19(17)21)24-12-15-5-2-3-6-16(15)14-27-10-4-9-26-27;/h2-11H,12-14H2,1H3,(H2,23,24,25);1H. The van der Waals surface area contributed by atoms with Gasteiger partial charge in [0.25, 0.3) is 0 Å². The highest BCUT2D eigenvalue weighted by atomic mass is 127. The van der Waals surface area contributed by atoms with Crippen LogP contribution in [0, 0.1) is 5.82 Å². The van der Waals surface area contributed by atoms with Gasteiger partial charge in [-0.3, -0.25) is 9.67 Å². The van der Waals surface area contributed by atoms with Gasteiger partial charge in [-0.2, -0.15) is 5.10 Å². The van der Waals surface area contributed by atoms with Crippen LogP contribution in [-0.4, -0.2) is 22.8 Å². The fraction of sp³-hybridized carbons (Fsp3) is 0.200. The molecule has 0 bridgehead atoms. The third-order valence-electron chi connectivity index (χ3n) is 4.13. The molecule has 0 unspecified atom stereocenters. The van der Waals surface area contributed by atoms with Gasteiger partial charge in [0.15, 0.2) is 5.96 Å². The number of rotatable bonds is 6. The predicted molar refractivity (Wildman–Crippen MR) is 124 cm³/mol. The van der Waals surface area contributed by atoms with E-state index in [1.807, 2.05) is 29.1 Å². The van der Waals surface area contributed by atoms with Crippen LogP contribution in [0.25, 0.3) is 0 Å². The summed E-state index contributed by atoms with van der Waals surface area (Å²) in [6.45, 7) is 1.81. The van der Waals surface area contributed by atoms with Crippen LogP contribution in [0.5, 0.6) is 0 Å². The van der Waals surface area contributed by atoms with E-state index in [1.54, 1.807) is 19.3 Å². The molecular formula is C20H22BrFIN5. The highest BCUT2D eigenvalue weighted by Gasteiger charge is 2.06. The topological polar surface area (TPSA) is 54.2 Å². The van der Waals surface area contributed by atoms with Crippen molar-refractivity contribution in [2.45, 2.75) is 19.6 Å². The summed E-state index contributed by atoms with van der Waals surface area (Å²) in [5, 5.41) is 10.8. The first-order valence-corrected chi connectivity index (χ1v) is 9.37. The minimum Gasteiger partial charge on any atom is -0.352 e. The van der Waals surface area contributed by atoms with E-state index in [9.17, 15) is 4.39 Å². The monoisotopic (exact) mass is 557 g/mol. The number of benzene rings is 2. The maximum atomic E-state index is 13.4. The zero-order valence-electron chi connectivity index (χ0n) is 15.4. The van der Waals surface area contributed by atoms with Crippen LogP contribution >= 0.6 is 39.9 Å². The summed E-state index contributed by atoms with van der Waals surface area (Å²) in [5.74, 6) is 0.394. The molecule has 0 aliphatic heterocycles. The van der Waals surface area contributed by atoms with Crippen molar-refractivity contribution >= 4 is 45.9 Å². The van der Waals surface area contributed by atoms with Crippen LogP contribution in [0.2, 0.25) is 0 Å². The van der Waals surface area contributed by atoms with Gasteiger partial charge < -0.3 is 10.6 Å².